The molecule has 0 saturated heterocycles. The zero-order valence-corrected chi connectivity index (χ0v) is 26.0. The third kappa shape index (κ3) is 10.2. The molecule has 40 heavy (non-hydrogen) atoms. The average molecular weight is 543 g/mol. The topological polar surface area (TPSA) is 17.1 Å². The van der Waals surface area contributed by atoms with E-state index in [-0.39, 0.29) is 0 Å². The molecule has 0 aromatic heterocycles. The Hall–Kier alpha value is -1.89. The van der Waals surface area contributed by atoms with E-state index < -0.39 is 0 Å². The molecule has 0 atom stereocenters. The minimum atomic E-state index is 0.529. The number of unbranched alkanes of at least 4 members (excludes halogenated alkanes) is 4. The molecule has 2 aliphatic rings. The van der Waals surface area contributed by atoms with Crippen LogP contribution < -0.4 is 0 Å². The van der Waals surface area contributed by atoms with Gasteiger partial charge >= 0.3 is 0 Å². The van der Waals surface area contributed by atoms with Gasteiger partial charge in [0.2, 0.25) is 0 Å². The number of hydrogen-bond acceptors (Lipinski definition) is 1. The fourth-order valence-electron chi connectivity index (χ4n) is 7.50. The summed E-state index contributed by atoms with van der Waals surface area (Å²) >= 11 is 0. The Morgan fingerprint density at radius 3 is 1.27 bits per heavy atom. The summed E-state index contributed by atoms with van der Waals surface area (Å²) in [6.07, 6.45) is 24.7. The van der Waals surface area contributed by atoms with Crippen molar-refractivity contribution in [3.63, 3.8) is 0 Å². The van der Waals surface area contributed by atoms with Gasteiger partial charge in [0.1, 0.15) is 5.78 Å². The van der Waals surface area contributed by atoms with Crippen molar-refractivity contribution >= 4 is 5.78 Å². The number of aryl methyl sites for hydroxylation is 2. The van der Waals surface area contributed by atoms with Gasteiger partial charge in [0.15, 0.2) is 0 Å². The highest BCUT2D eigenvalue weighted by Gasteiger charge is 2.25. The minimum absolute atomic E-state index is 0.529. The van der Waals surface area contributed by atoms with Gasteiger partial charge in [-0.25, -0.2) is 0 Å². The largest absolute Gasteiger partial charge is 0.300 e. The molecule has 0 amide bonds. The zero-order chi connectivity index (χ0) is 28.0. The molecule has 2 aliphatic carbocycles. The van der Waals surface area contributed by atoms with E-state index in [2.05, 4.69) is 62.4 Å². The fourth-order valence-corrected chi connectivity index (χ4v) is 7.50. The lowest BCUT2D eigenvalue weighted by atomic mass is 9.76. The predicted molar refractivity (Wildman–Crippen MR) is 172 cm³/mol. The Bertz CT molecular complexity index is 875. The van der Waals surface area contributed by atoms with Gasteiger partial charge in [-0.15, -0.1) is 0 Å². The molecule has 2 fully saturated rings. The molecule has 0 aliphatic heterocycles. The van der Waals surface area contributed by atoms with Crippen molar-refractivity contribution in [2.24, 2.45) is 11.8 Å². The quantitative estimate of drug-likeness (QED) is 0.193. The summed E-state index contributed by atoms with van der Waals surface area (Å²) in [5.74, 6) is 3.52. The fraction of sp³-hybridized carbons (Fsp3) is 0.667. The van der Waals surface area contributed by atoms with Crippen molar-refractivity contribution in [3.8, 4) is 0 Å². The molecule has 1 heteroatoms. The summed E-state index contributed by atoms with van der Waals surface area (Å²) < 4.78 is 0. The van der Waals surface area contributed by atoms with Gasteiger partial charge in [-0.05, 0) is 136 Å². The summed E-state index contributed by atoms with van der Waals surface area (Å²) in [5, 5.41) is 0. The highest BCUT2D eigenvalue weighted by Crippen LogP contribution is 2.39. The number of ketones is 1. The van der Waals surface area contributed by atoms with Crippen molar-refractivity contribution in [2.45, 2.75) is 154 Å². The molecule has 0 spiro atoms. The van der Waals surface area contributed by atoms with Gasteiger partial charge in [0.25, 0.3) is 0 Å². The van der Waals surface area contributed by atoms with Crippen molar-refractivity contribution in [1.29, 1.82) is 0 Å². The Morgan fingerprint density at radius 1 is 0.550 bits per heavy atom. The Morgan fingerprint density at radius 2 is 0.925 bits per heavy atom. The molecule has 0 radical (unpaired) electrons. The average Bonchev–Trinajstić information content (AvgIpc) is 3.00. The van der Waals surface area contributed by atoms with E-state index in [1.165, 1.54) is 114 Å². The van der Waals surface area contributed by atoms with Gasteiger partial charge in [-0.1, -0.05) is 88.1 Å². The number of hydrogen-bond donors (Lipinski definition) is 0. The van der Waals surface area contributed by atoms with Gasteiger partial charge in [-0.3, -0.25) is 4.79 Å². The summed E-state index contributed by atoms with van der Waals surface area (Å²) in [4.78, 5) is 12.8. The summed E-state index contributed by atoms with van der Waals surface area (Å²) in [6.45, 7) is 4.55. The zero-order valence-electron chi connectivity index (χ0n) is 26.0. The summed E-state index contributed by atoms with van der Waals surface area (Å²) in [6, 6.07) is 19.1. The molecule has 1 nitrogen and oxygen atoms in total. The maximum absolute atomic E-state index is 12.8. The van der Waals surface area contributed by atoms with Crippen LogP contribution in [0, 0.1) is 11.8 Å². The Kier molecular flexibility index (Phi) is 13.3. The molecule has 2 aromatic carbocycles. The second-order valence-electron chi connectivity index (χ2n) is 13.4. The van der Waals surface area contributed by atoms with E-state index in [0.717, 1.165) is 49.4 Å². The first kappa shape index (κ1) is 31.1. The highest BCUT2D eigenvalue weighted by atomic mass is 16.1. The van der Waals surface area contributed by atoms with Crippen LogP contribution in [-0.4, -0.2) is 5.78 Å². The van der Waals surface area contributed by atoms with Crippen LogP contribution in [0.1, 0.15) is 164 Å². The van der Waals surface area contributed by atoms with Gasteiger partial charge < -0.3 is 0 Å². The molecule has 220 valence electrons. The Labute approximate surface area is 246 Å². The molecule has 0 unspecified atom stereocenters. The van der Waals surface area contributed by atoms with Crippen molar-refractivity contribution in [1.82, 2.24) is 0 Å². The number of carbonyl (C=O) groups excluding carboxylic acids is 1. The molecule has 0 heterocycles. The molecular formula is C39H58O. The maximum Gasteiger partial charge on any atom is 0.132 e. The molecule has 0 bridgehead atoms. The van der Waals surface area contributed by atoms with Crippen LogP contribution in [0.2, 0.25) is 0 Å². The lowest BCUT2D eigenvalue weighted by Gasteiger charge is -2.29. The van der Waals surface area contributed by atoms with Crippen molar-refractivity contribution in [2.75, 3.05) is 0 Å². The minimum Gasteiger partial charge on any atom is -0.300 e. The highest BCUT2D eigenvalue weighted by molar-refractivity contribution is 5.78. The van der Waals surface area contributed by atoms with Gasteiger partial charge in [0, 0.05) is 12.8 Å². The van der Waals surface area contributed by atoms with Crippen LogP contribution in [0.3, 0.4) is 0 Å². The van der Waals surface area contributed by atoms with Crippen molar-refractivity contribution < 1.29 is 4.79 Å². The third-order valence-electron chi connectivity index (χ3n) is 10.4. The van der Waals surface area contributed by atoms with Crippen LogP contribution in [0.4, 0.5) is 0 Å². The number of rotatable bonds is 16. The van der Waals surface area contributed by atoms with E-state index in [9.17, 15) is 4.79 Å². The summed E-state index contributed by atoms with van der Waals surface area (Å²) in [7, 11) is 0. The Balaban J connectivity index is 1.07. The second-order valence-corrected chi connectivity index (χ2v) is 13.4. The maximum atomic E-state index is 12.8. The molecular weight excluding hydrogens is 484 g/mol. The first-order valence-electron chi connectivity index (χ1n) is 17.3. The van der Waals surface area contributed by atoms with Crippen LogP contribution >= 0.6 is 0 Å². The normalized spacial score (nSPS) is 23.2. The van der Waals surface area contributed by atoms with Gasteiger partial charge in [0.05, 0.1) is 0 Å². The van der Waals surface area contributed by atoms with Crippen molar-refractivity contribution in [3.05, 3.63) is 70.8 Å². The van der Waals surface area contributed by atoms with Gasteiger partial charge in [-0.2, -0.15) is 0 Å². The molecule has 4 rings (SSSR count). The lowest BCUT2D eigenvalue weighted by molar-refractivity contribution is -0.119. The monoisotopic (exact) mass is 542 g/mol. The van der Waals surface area contributed by atoms with Crippen LogP contribution in [0.15, 0.2) is 48.5 Å². The van der Waals surface area contributed by atoms with E-state index in [0.29, 0.717) is 5.78 Å². The predicted octanol–water partition coefficient (Wildman–Crippen LogP) is 11.5. The third-order valence-corrected chi connectivity index (χ3v) is 10.4. The van der Waals surface area contributed by atoms with E-state index >= 15 is 0 Å². The summed E-state index contributed by atoms with van der Waals surface area (Å²) in [5.41, 5.74) is 6.09. The van der Waals surface area contributed by atoms with E-state index in [4.69, 9.17) is 0 Å². The SMILES string of the molecule is CCCCCc1ccc(C2CCC(CCC(=O)CCC3CCC(c4ccc(CCCCC)cc4)CC3)CC2)cc1. The lowest BCUT2D eigenvalue weighted by Crippen LogP contribution is -2.16. The van der Waals surface area contributed by atoms with Crippen LogP contribution in [0.5, 0.6) is 0 Å². The molecule has 0 N–H and O–H groups in total. The number of benzene rings is 2. The van der Waals surface area contributed by atoms with E-state index in [1.807, 2.05) is 0 Å². The molecule has 2 aromatic rings. The second kappa shape index (κ2) is 17.2. The number of carbonyl (C=O) groups is 1. The first-order valence-corrected chi connectivity index (χ1v) is 17.3. The molecule has 2 saturated carbocycles. The smallest absolute Gasteiger partial charge is 0.132 e. The van der Waals surface area contributed by atoms with Crippen LogP contribution in [0.25, 0.3) is 0 Å². The number of Topliss-reactive ketones (excluding diaryl/α,β-unsaturated/α-hetero) is 1. The van der Waals surface area contributed by atoms with Crippen LogP contribution in [-0.2, 0) is 17.6 Å². The van der Waals surface area contributed by atoms with E-state index in [1.54, 1.807) is 11.1 Å². The first-order chi connectivity index (χ1) is 19.6. The standard InChI is InChI=1S/C39H58O/c1-3-5-7-9-31-11-21-35(22-12-31)37-25-15-33(16-26-37)19-29-39(40)30-20-34-17-27-38(28-18-34)36-23-13-32(14-24-36)10-8-6-4-2/h11-14,21-24,33-34,37-38H,3-10,15-20,25-30H2,1-2H3.